The summed E-state index contributed by atoms with van der Waals surface area (Å²) in [6.07, 6.45) is 1.47. The van der Waals surface area contributed by atoms with Crippen molar-refractivity contribution in [2.75, 3.05) is 12.8 Å². The van der Waals surface area contributed by atoms with Crippen LogP contribution < -0.4 is 5.73 Å². The maximum atomic E-state index is 8.57. The van der Waals surface area contributed by atoms with E-state index in [1.54, 1.807) is 0 Å². The predicted octanol–water partition coefficient (Wildman–Crippen LogP) is -0.0591. The molecule has 0 unspecified atom stereocenters. The molecule has 0 aliphatic rings. The summed E-state index contributed by atoms with van der Waals surface area (Å²) in [7, 11) is 1.54. The molecule has 0 saturated carbocycles. The molecule has 0 radical (unpaired) electrons. The fourth-order valence-electron chi connectivity index (χ4n) is 0.756. The van der Waals surface area contributed by atoms with Gasteiger partial charge in [0.25, 0.3) is 0 Å². The highest BCUT2D eigenvalue weighted by Crippen LogP contribution is 2.06. The van der Waals surface area contributed by atoms with Gasteiger partial charge in [0.2, 0.25) is 0 Å². The first-order valence-corrected chi connectivity index (χ1v) is 2.99. The Morgan fingerprint density at radius 3 is 3.18 bits per heavy atom. The van der Waals surface area contributed by atoms with Crippen molar-refractivity contribution >= 4 is 5.82 Å². The Hall–Kier alpha value is -1.54. The van der Waals surface area contributed by atoms with Gasteiger partial charge >= 0.3 is 0 Å². The van der Waals surface area contributed by atoms with E-state index >= 15 is 0 Å². The number of aromatic nitrogens is 2. The average molecular weight is 152 g/mol. The number of rotatable bonds is 2. The van der Waals surface area contributed by atoms with Gasteiger partial charge in [-0.15, -0.1) is 0 Å². The third kappa shape index (κ3) is 1.30. The quantitative estimate of drug-likeness (QED) is 0.644. The van der Waals surface area contributed by atoms with E-state index in [2.05, 4.69) is 4.98 Å². The van der Waals surface area contributed by atoms with Crippen molar-refractivity contribution in [2.45, 2.75) is 6.73 Å². The molecule has 58 valence electrons. The van der Waals surface area contributed by atoms with Gasteiger partial charge in [0, 0.05) is 7.11 Å². The lowest BCUT2D eigenvalue weighted by Crippen LogP contribution is -2.01. The summed E-state index contributed by atoms with van der Waals surface area (Å²) in [4.78, 5) is 3.74. The highest BCUT2D eigenvalue weighted by Gasteiger charge is 2.05. The minimum absolute atomic E-state index is 0.240. The second-order valence-electron chi connectivity index (χ2n) is 1.98. The number of nitriles is 1. The number of nitrogens with two attached hydrogens (primary N) is 1. The van der Waals surface area contributed by atoms with Crippen molar-refractivity contribution in [2.24, 2.45) is 0 Å². The summed E-state index contributed by atoms with van der Waals surface area (Å²) in [5.41, 5.74) is 5.71. The minimum atomic E-state index is 0.240. The van der Waals surface area contributed by atoms with Gasteiger partial charge in [0.05, 0.1) is 0 Å². The summed E-state index contributed by atoms with van der Waals surface area (Å²) in [6.45, 7) is 0.299. The Bertz CT molecular complexity index is 285. The molecule has 1 heterocycles. The van der Waals surface area contributed by atoms with Crippen LogP contribution in [0.3, 0.4) is 0 Å². The molecule has 2 N–H and O–H groups in total. The third-order valence-corrected chi connectivity index (χ3v) is 1.24. The van der Waals surface area contributed by atoms with Crippen molar-refractivity contribution in [3.8, 4) is 6.07 Å². The summed E-state index contributed by atoms with van der Waals surface area (Å²) < 4.78 is 6.34. The summed E-state index contributed by atoms with van der Waals surface area (Å²) in [5.74, 6) is 0.240. The molecule has 0 aromatic carbocycles. The Balaban J connectivity index is 2.98. The molecule has 5 nitrogen and oxygen atoms in total. The summed E-state index contributed by atoms with van der Waals surface area (Å²) >= 11 is 0. The maximum Gasteiger partial charge on any atom is 0.165 e. The molecular weight excluding hydrogens is 144 g/mol. The van der Waals surface area contributed by atoms with Crippen molar-refractivity contribution in [1.82, 2.24) is 9.55 Å². The third-order valence-electron chi connectivity index (χ3n) is 1.24. The normalized spacial score (nSPS) is 9.45. The van der Waals surface area contributed by atoms with E-state index in [0.29, 0.717) is 12.4 Å². The topological polar surface area (TPSA) is 76.9 Å². The molecule has 1 rings (SSSR count). The van der Waals surface area contributed by atoms with Crippen molar-refractivity contribution in [3.05, 3.63) is 12.0 Å². The number of nitrogens with zero attached hydrogens (tertiary/aromatic N) is 3. The number of nitrogen functional groups attached to an aromatic ring is 1. The van der Waals surface area contributed by atoms with Crippen LogP contribution in [-0.2, 0) is 11.5 Å². The van der Waals surface area contributed by atoms with Gasteiger partial charge in [0.1, 0.15) is 19.1 Å². The summed E-state index contributed by atoms with van der Waals surface area (Å²) in [6, 6.07) is 1.92. The maximum absolute atomic E-state index is 8.57. The number of hydrogen-bond acceptors (Lipinski definition) is 4. The van der Waals surface area contributed by atoms with E-state index in [4.69, 9.17) is 15.7 Å². The van der Waals surface area contributed by atoms with E-state index in [1.165, 1.54) is 18.0 Å². The average Bonchev–Trinajstić information content (AvgIpc) is 2.33. The highest BCUT2D eigenvalue weighted by molar-refractivity contribution is 5.43. The van der Waals surface area contributed by atoms with Crippen LogP contribution in [0.5, 0.6) is 0 Å². The van der Waals surface area contributed by atoms with Gasteiger partial charge in [-0.25, -0.2) is 4.98 Å². The lowest BCUT2D eigenvalue weighted by Gasteiger charge is -1.99. The molecule has 0 bridgehead atoms. The summed E-state index contributed by atoms with van der Waals surface area (Å²) in [5, 5.41) is 8.57. The SMILES string of the molecule is COCn1cnc(N)c1C#N. The van der Waals surface area contributed by atoms with E-state index < -0.39 is 0 Å². The zero-order valence-electron chi connectivity index (χ0n) is 6.11. The molecule has 0 fully saturated rings. The van der Waals surface area contributed by atoms with Crippen LogP contribution in [0.4, 0.5) is 5.82 Å². The van der Waals surface area contributed by atoms with Gasteiger partial charge in [-0.3, -0.25) is 4.57 Å². The first-order chi connectivity index (χ1) is 5.29. The Morgan fingerprint density at radius 2 is 2.64 bits per heavy atom. The molecule has 0 aliphatic heterocycles. The first-order valence-electron chi connectivity index (χ1n) is 2.99. The molecular formula is C6H8N4O. The number of ether oxygens (including phenoxy) is 1. The molecule has 11 heavy (non-hydrogen) atoms. The Labute approximate surface area is 64.0 Å². The largest absolute Gasteiger partial charge is 0.381 e. The second-order valence-corrected chi connectivity index (χ2v) is 1.98. The number of hydrogen-bond donors (Lipinski definition) is 1. The number of imidazole rings is 1. The lowest BCUT2D eigenvalue weighted by atomic mass is 10.5. The predicted molar refractivity (Wildman–Crippen MR) is 38.4 cm³/mol. The van der Waals surface area contributed by atoms with E-state index in [1.807, 2.05) is 6.07 Å². The molecule has 5 heteroatoms. The van der Waals surface area contributed by atoms with Crippen LogP contribution in [-0.4, -0.2) is 16.7 Å². The lowest BCUT2D eigenvalue weighted by molar-refractivity contribution is 0.130. The van der Waals surface area contributed by atoms with Crippen LogP contribution in [0, 0.1) is 11.3 Å². The molecule has 0 saturated heterocycles. The standard InChI is InChI=1S/C6H8N4O/c1-11-4-10-3-9-6(8)5(10)2-7/h3H,4,8H2,1H3. The smallest absolute Gasteiger partial charge is 0.165 e. The van der Waals surface area contributed by atoms with E-state index in [9.17, 15) is 0 Å². The van der Waals surface area contributed by atoms with Crippen LogP contribution in [0.25, 0.3) is 0 Å². The zero-order valence-corrected chi connectivity index (χ0v) is 6.11. The highest BCUT2D eigenvalue weighted by atomic mass is 16.5. The molecule has 1 aromatic heterocycles. The van der Waals surface area contributed by atoms with Crippen LogP contribution >= 0.6 is 0 Å². The van der Waals surface area contributed by atoms with Crippen molar-refractivity contribution < 1.29 is 4.74 Å². The Morgan fingerprint density at radius 1 is 1.91 bits per heavy atom. The number of anilines is 1. The van der Waals surface area contributed by atoms with Crippen LogP contribution in [0.15, 0.2) is 6.33 Å². The molecule has 0 amide bonds. The fourth-order valence-corrected chi connectivity index (χ4v) is 0.756. The molecule has 0 atom stereocenters. The monoisotopic (exact) mass is 152 g/mol. The van der Waals surface area contributed by atoms with Gasteiger partial charge in [0.15, 0.2) is 11.5 Å². The molecule has 1 aromatic rings. The van der Waals surface area contributed by atoms with Crippen molar-refractivity contribution in [3.63, 3.8) is 0 Å². The molecule has 0 aliphatic carbocycles. The zero-order chi connectivity index (χ0) is 8.27. The van der Waals surface area contributed by atoms with Crippen LogP contribution in [0.1, 0.15) is 5.69 Å². The number of methoxy groups -OCH3 is 1. The Kier molecular flexibility index (Phi) is 2.09. The second kappa shape index (κ2) is 3.03. The van der Waals surface area contributed by atoms with Crippen LogP contribution in [0.2, 0.25) is 0 Å². The molecule has 0 spiro atoms. The van der Waals surface area contributed by atoms with E-state index in [0.717, 1.165) is 0 Å². The van der Waals surface area contributed by atoms with Crippen molar-refractivity contribution in [1.29, 1.82) is 5.26 Å². The van der Waals surface area contributed by atoms with Gasteiger partial charge in [-0.1, -0.05) is 0 Å². The minimum Gasteiger partial charge on any atom is -0.381 e. The fraction of sp³-hybridized carbons (Fsp3) is 0.333. The van der Waals surface area contributed by atoms with Gasteiger partial charge < -0.3 is 10.5 Å². The first kappa shape index (κ1) is 7.57. The van der Waals surface area contributed by atoms with E-state index in [-0.39, 0.29) is 5.82 Å². The van der Waals surface area contributed by atoms with Gasteiger partial charge in [-0.2, -0.15) is 5.26 Å². The van der Waals surface area contributed by atoms with Gasteiger partial charge in [-0.05, 0) is 0 Å².